The van der Waals surface area contributed by atoms with Gasteiger partial charge in [-0.15, -0.1) is 0 Å². The molecule has 4 heteroatoms. The van der Waals surface area contributed by atoms with Crippen LogP contribution in [0, 0.1) is 6.57 Å². The molecular formula is C22H21NO3. The summed E-state index contributed by atoms with van der Waals surface area (Å²) in [6.45, 7) is 11.6. The van der Waals surface area contributed by atoms with E-state index in [-0.39, 0.29) is 5.97 Å². The summed E-state index contributed by atoms with van der Waals surface area (Å²) in [5.74, 6) is 0.504. The number of nitrogens with zero attached hydrogens (tertiary/aromatic N) is 1. The first-order valence-corrected chi connectivity index (χ1v) is 8.77. The van der Waals surface area contributed by atoms with Crippen LogP contribution >= 0.6 is 0 Å². The molecule has 0 N–H and O–H groups in total. The maximum atomic E-state index is 10.9. The first-order valence-electron chi connectivity index (χ1n) is 8.77. The van der Waals surface area contributed by atoms with E-state index in [4.69, 9.17) is 16.0 Å². The van der Waals surface area contributed by atoms with Gasteiger partial charge in [0.25, 0.3) is 0 Å². The van der Waals surface area contributed by atoms with Gasteiger partial charge in [0, 0.05) is 6.08 Å². The third kappa shape index (κ3) is 4.12. The molecule has 0 atom stereocenters. The number of carbonyl (C=O) groups excluding carboxylic acids is 1. The molecule has 1 aliphatic carbocycles. The van der Waals surface area contributed by atoms with Crippen molar-refractivity contribution in [1.82, 2.24) is 0 Å². The van der Waals surface area contributed by atoms with Crippen LogP contribution in [0.5, 0.6) is 5.75 Å². The normalized spacial score (nSPS) is 11.2. The van der Waals surface area contributed by atoms with Crippen LogP contribution in [0.15, 0.2) is 49.1 Å². The summed E-state index contributed by atoms with van der Waals surface area (Å²) in [6, 6.07) is 12.1. The van der Waals surface area contributed by atoms with Gasteiger partial charge in [-0.2, -0.15) is 0 Å². The Kier molecular flexibility index (Phi) is 5.70. The summed E-state index contributed by atoms with van der Waals surface area (Å²) < 4.78 is 10.8. The fourth-order valence-corrected chi connectivity index (χ4v) is 3.14. The zero-order chi connectivity index (χ0) is 18.4. The Bertz CT molecular complexity index is 864. The molecule has 2 aromatic carbocycles. The number of ether oxygens (including phenoxy) is 2. The van der Waals surface area contributed by atoms with Gasteiger partial charge in [-0.05, 0) is 60.1 Å². The Morgan fingerprint density at radius 3 is 2.58 bits per heavy atom. The van der Waals surface area contributed by atoms with Crippen LogP contribution in [0.4, 0.5) is 5.69 Å². The van der Waals surface area contributed by atoms with Gasteiger partial charge in [-0.25, -0.2) is 9.64 Å². The molecule has 4 nitrogen and oxygen atoms in total. The monoisotopic (exact) mass is 347 g/mol. The Labute approximate surface area is 153 Å². The van der Waals surface area contributed by atoms with Gasteiger partial charge >= 0.3 is 5.97 Å². The summed E-state index contributed by atoms with van der Waals surface area (Å²) >= 11 is 0. The van der Waals surface area contributed by atoms with Crippen molar-refractivity contribution in [2.24, 2.45) is 0 Å². The molecule has 0 radical (unpaired) electrons. The zero-order valence-corrected chi connectivity index (χ0v) is 14.7. The molecule has 132 valence electrons. The van der Waals surface area contributed by atoms with Gasteiger partial charge in [-0.1, -0.05) is 30.8 Å². The van der Waals surface area contributed by atoms with E-state index in [1.54, 1.807) is 0 Å². The second kappa shape index (κ2) is 8.35. The van der Waals surface area contributed by atoms with Gasteiger partial charge in [-0.3, -0.25) is 0 Å². The van der Waals surface area contributed by atoms with Crippen molar-refractivity contribution in [3.63, 3.8) is 0 Å². The summed E-state index contributed by atoms with van der Waals surface area (Å²) in [7, 11) is 0. The van der Waals surface area contributed by atoms with E-state index < -0.39 is 0 Å². The third-order valence-electron chi connectivity index (χ3n) is 4.43. The lowest BCUT2D eigenvalue weighted by molar-refractivity contribution is -0.137. The molecular weight excluding hydrogens is 326 g/mol. The fraction of sp³-hybridized carbons (Fsp3) is 0.273. The predicted octanol–water partition coefficient (Wildman–Crippen LogP) is 5.09. The highest BCUT2D eigenvalue weighted by molar-refractivity contribution is 5.81. The summed E-state index contributed by atoms with van der Waals surface area (Å²) in [5, 5.41) is 0. The number of carbonyl (C=O) groups is 1. The van der Waals surface area contributed by atoms with Crippen molar-refractivity contribution in [3.05, 3.63) is 71.6 Å². The van der Waals surface area contributed by atoms with E-state index in [0.717, 1.165) is 31.4 Å². The lowest BCUT2D eigenvalue weighted by Crippen LogP contribution is -2.03. The minimum atomic E-state index is -0.371. The van der Waals surface area contributed by atoms with Crippen molar-refractivity contribution in [3.8, 4) is 16.9 Å². The maximum Gasteiger partial charge on any atom is 0.330 e. The number of benzene rings is 2. The highest BCUT2D eigenvalue weighted by Gasteiger charge is 2.19. The van der Waals surface area contributed by atoms with Gasteiger partial charge in [0.1, 0.15) is 5.75 Å². The molecule has 0 fully saturated rings. The first kappa shape index (κ1) is 17.8. The van der Waals surface area contributed by atoms with Crippen molar-refractivity contribution in [2.45, 2.75) is 25.7 Å². The smallest absolute Gasteiger partial charge is 0.330 e. The van der Waals surface area contributed by atoms with Crippen LogP contribution in [0.1, 0.15) is 30.4 Å². The second-order valence-corrected chi connectivity index (χ2v) is 6.23. The van der Waals surface area contributed by atoms with Crippen molar-refractivity contribution in [2.75, 3.05) is 13.2 Å². The molecule has 0 aromatic heterocycles. The Morgan fingerprint density at radius 2 is 1.81 bits per heavy atom. The van der Waals surface area contributed by atoms with Crippen LogP contribution in [0.25, 0.3) is 16.0 Å². The van der Waals surface area contributed by atoms with Gasteiger partial charge in [0.05, 0.1) is 19.8 Å². The summed E-state index contributed by atoms with van der Waals surface area (Å²) in [5.41, 5.74) is 5.59. The van der Waals surface area contributed by atoms with E-state index in [1.807, 2.05) is 24.3 Å². The van der Waals surface area contributed by atoms with E-state index in [2.05, 4.69) is 23.6 Å². The molecule has 0 heterocycles. The molecule has 0 spiro atoms. The quantitative estimate of drug-likeness (QED) is 0.247. The second-order valence-electron chi connectivity index (χ2n) is 6.23. The van der Waals surface area contributed by atoms with Crippen LogP contribution in [-0.2, 0) is 16.0 Å². The number of rotatable bonds is 8. The molecule has 3 rings (SSSR count). The molecule has 1 aliphatic rings. The average molecular weight is 347 g/mol. The zero-order valence-electron chi connectivity index (χ0n) is 14.7. The molecule has 0 saturated carbocycles. The van der Waals surface area contributed by atoms with Crippen LogP contribution in [-0.4, -0.2) is 19.2 Å². The van der Waals surface area contributed by atoms with Crippen molar-refractivity contribution in [1.29, 1.82) is 0 Å². The topological polar surface area (TPSA) is 39.9 Å². The standard InChI is InChI=1S/C22H21NO3/c1-3-22(24)26-12-6-4-5-11-25-19-8-10-21-17(15-19)13-16-14-18(23-2)7-9-20(16)21/h3,7-10,14-15H,1,4-6,11-13H2. The van der Waals surface area contributed by atoms with Crippen LogP contribution in [0.3, 0.4) is 0 Å². The first-order chi connectivity index (χ1) is 12.7. The third-order valence-corrected chi connectivity index (χ3v) is 4.43. The van der Waals surface area contributed by atoms with Gasteiger partial charge in [0.15, 0.2) is 5.69 Å². The van der Waals surface area contributed by atoms with Gasteiger partial charge in [0.2, 0.25) is 0 Å². The lowest BCUT2D eigenvalue weighted by Gasteiger charge is -2.08. The summed E-state index contributed by atoms with van der Waals surface area (Å²) in [4.78, 5) is 14.4. The number of esters is 1. The highest BCUT2D eigenvalue weighted by atomic mass is 16.5. The molecule has 0 bridgehead atoms. The van der Waals surface area contributed by atoms with E-state index in [0.29, 0.717) is 18.9 Å². The van der Waals surface area contributed by atoms with Gasteiger partial charge < -0.3 is 9.47 Å². The molecule has 0 unspecified atom stereocenters. The summed E-state index contributed by atoms with van der Waals surface area (Å²) in [6.07, 6.45) is 4.71. The number of unbranched alkanes of at least 4 members (excludes halogenated alkanes) is 2. The fourth-order valence-electron chi connectivity index (χ4n) is 3.14. The minimum Gasteiger partial charge on any atom is -0.494 e. The minimum absolute atomic E-state index is 0.371. The van der Waals surface area contributed by atoms with E-state index in [9.17, 15) is 4.79 Å². The van der Waals surface area contributed by atoms with Crippen molar-refractivity contribution < 1.29 is 14.3 Å². The Hall–Kier alpha value is -3.06. The van der Waals surface area contributed by atoms with Crippen LogP contribution in [0.2, 0.25) is 0 Å². The SMILES string of the molecule is [C-]#[N+]c1ccc2c(c1)Cc1cc(OCCCCCOC(=O)C=C)ccc1-2. The van der Waals surface area contributed by atoms with Crippen LogP contribution < -0.4 is 4.74 Å². The predicted molar refractivity (Wildman–Crippen MR) is 101 cm³/mol. The maximum absolute atomic E-state index is 10.9. The van der Waals surface area contributed by atoms with Crippen molar-refractivity contribution >= 4 is 11.7 Å². The number of hydrogen-bond donors (Lipinski definition) is 0. The largest absolute Gasteiger partial charge is 0.494 e. The average Bonchev–Trinajstić information content (AvgIpc) is 3.03. The molecule has 0 aliphatic heterocycles. The lowest BCUT2D eigenvalue weighted by atomic mass is 10.1. The Morgan fingerprint density at radius 1 is 1.08 bits per heavy atom. The number of hydrogen-bond acceptors (Lipinski definition) is 3. The molecule has 0 amide bonds. The van der Waals surface area contributed by atoms with E-state index >= 15 is 0 Å². The molecule has 2 aromatic rings. The number of fused-ring (bicyclic) bond motifs is 3. The Balaban J connectivity index is 1.47. The highest BCUT2D eigenvalue weighted by Crippen LogP contribution is 2.39. The molecule has 26 heavy (non-hydrogen) atoms. The molecule has 0 saturated heterocycles. The van der Waals surface area contributed by atoms with E-state index in [1.165, 1.54) is 28.3 Å².